The normalized spacial score (nSPS) is 10.8. The molecule has 1 aromatic carbocycles. The summed E-state index contributed by atoms with van der Waals surface area (Å²) in [4.78, 5) is 6.23. The molecule has 0 bridgehead atoms. The van der Waals surface area contributed by atoms with Gasteiger partial charge in [0.15, 0.2) is 0 Å². The molecule has 0 fully saturated rings. The van der Waals surface area contributed by atoms with Crippen molar-refractivity contribution >= 4 is 27.8 Å². The van der Waals surface area contributed by atoms with Gasteiger partial charge in [-0.1, -0.05) is 0 Å². The number of thiazole rings is 1. The number of halogens is 1. The third-order valence-corrected chi connectivity index (χ3v) is 4.36. The lowest BCUT2D eigenvalue weighted by Crippen LogP contribution is -3.00. The highest BCUT2D eigenvalue weighted by molar-refractivity contribution is 7.13. The average molecular weight is 437 g/mol. The van der Waals surface area contributed by atoms with E-state index in [-0.39, 0.29) is 23.6 Å². The van der Waals surface area contributed by atoms with Crippen LogP contribution in [0.15, 0.2) is 64.8 Å². The molecule has 0 unspecified atom stereocenters. The van der Waals surface area contributed by atoms with E-state index in [0.717, 1.165) is 24.5 Å². The van der Waals surface area contributed by atoms with Gasteiger partial charge in [-0.25, -0.2) is 14.1 Å². The van der Waals surface area contributed by atoms with E-state index in [4.69, 9.17) is 0 Å². The predicted molar refractivity (Wildman–Crippen MR) is 97.6 cm³/mol. The third kappa shape index (κ3) is 5.72. The molecule has 0 amide bonds. The Morgan fingerprint density at radius 3 is 2.65 bits per heavy atom. The lowest BCUT2D eigenvalue weighted by atomic mass is 10.2. The fourth-order valence-electron chi connectivity index (χ4n) is 2.46. The number of rotatable bonds is 8. The number of anilines is 1. The molecule has 7 nitrogen and oxygen atoms in total. The van der Waals surface area contributed by atoms with Gasteiger partial charge in [0.1, 0.15) is 18.9 Å². The third-order valence-electron chi connectivity index (χ3n) is 3.71. The summed E-state index contributed by atoms with van der Waals surface area (Å²) in [5, 5.41) is 20.2. The molecule has 3 aromatic rings. The van der Waals surface area contributed by atoms with Gasteiger partial charge in [0.2, 0.25) is 11.5 Å². The molecule has 0 spiro atoms. The maximum Gasteiger partial charge on any atom is 0.243 e. The van der Waals surface area contributed by atoms with Gasteiger partial charge in [-0.2, -0.15) is 0 Å². The van der Waals surface area contributed by atoms with E-state index in [1.807, 2.05) is 60.0 Å². The van der Waals surface area contributed by atoms with E-state index in [0.29, 0.717) is 11.7 Å². The Bertz CT molecular complexity index is 803. The maximum atomic E-state index is 9.35. The largest absolute Gasteiger partial charge is 1.00 e. The number of imidazole rings is 1. The van der Waals surface area contributed by atoms with E-state index in [9.17, 15) is 5.11 Å². The van der Waals surface area contributed by atoms with Crippen molar-refractivity contribution in [3.8, 4) is 0 Å². The van der Waals surface area contributed by atoms with Gasteiger partial charge in [0.05, 0.1) is 25.9 Å². The van der Waals surface area contributed by atoms with Gasteiger partial charge < -0.3 is 27.0 Å². The van der Waals surface area contributed by atoms with Crippen LogP contribution in [0.4, 0.5) is 16.5 Å². The molecule has 2 heterocycles. The molecule has 0 aliphatic heterocycles. The Labute approximate surface area is 167 Å². The SMILES string of the molecule is C[n+]1ccn(CCN(CCO)c2ccc(/N=N/c3nccs3)cc2)c1.[Br-]. The van der Waals surface area contributed by atoms with E-state index >= 15 is 0 Å². The van der Waals surface area contributed by atoms with Gasteiger partial charge in [-0.05, 0) is 24.3 Å². The van der Waals surface area contributed by atoms with Crippen molar-refractivity contribution in [2.75, 3.05) is 24.6 Å². The van der Waals surface area contributed by atoms with Crippen molar-refractivity contribution in [1.29, 1.82) is 0 Å². The molecule has 0 radical (unpaired) electrons. The van der Waals surface area contributed by atoms with Crippen molar-refractivity contribution in [1.82, 2.24) is 9.55 Å². The quantitative estimate of drug-likeness (QED) is 0.388. The van der Waals surface area contributed by atoms with Gasteiger partial charge in [0, 0.05) is 23.8 Å². The summed E-state index contributed by atoms with van der Waals surface area (Å²) in [6, 6.07) is 7.85. The molecule has 0 atom stereocenters. The number of hydrogen-bond donors (Lipinski definition) is 1. The Morgan fingerprint density at radius 2 is 2.04 bits per heavy atom. The first-order valence-electron chi connectivity index (χ1n) is 8.03. The van der Waals surface area contributed by atoms with Crippen molar-refractivity contribution in [3.63, 3.8) is 0 Å². The molecular weight excluding hydrogens is 416 g/mol. The fourth-order valence-corrected chi connectivity index (χ4v) is 2.91. The van der Waals surface area contributed by atoms with Crippen LogP contribution in [0.25, 0.3) is 0 Å². The molecule has 0 saturated heterocycles. The van der Waals surface area contributed by atoms with E-state index in [1.165, 1.54) is 11.3 Å². The summed E-state index contributed by atoms with van der Waals surface area (Å²) in [7, 11) is 2.00. The van der Waals surface area contributed by atoms with Gasteiger partial charge >= 0.3 is 0 Å². The van der Waals surface area contributed by atoms with Crippen LogP contribution in [-0.2, 0) is 13.6 Å². The number of nitrogens with zero attached hydrogens (tertiary/aromatic N) is 6. The monoisotopic (exact) mass is 436 g/mol. The average Bonchev–Trinajstić information content (AvgIpc) is 3.29. The number of aliphatic hydroxyl groups excluding tert-OH is 1. The zero-order valence-corrected chi connectivity index (χ0v) is 16.8. The van der Waals surface area contributed by atoms with Crippen molar-refractivity contribution in [2.24, 2.45) is 17.3 Å². The van der Waals surface area contributed by atoms with Crippen LogP contribution < -0.4 is 26.4 Å². The summed E-state index contributed by atoms with van der Waals surface area (Å²) in [6.45, 7) is 2.37. The maximum absolute atomic E-state index is 9.35. The first-order valence-corrected chi connectivity index (χ1v) is 8.91. The smallest absolute Gasteiger partial charge is 0.243 e. The molecule has 9 heteroatoms. The fraction of sp³-hybridized carbons (Fsp3) is 0.294. The zero-order chi connectivity index (χ0) is 17.5. The van der Waals surface area contributed by atoms with Crippen LogP contribution in [-0.4, -0.2) is 34.4 Å². The van der Waals surface area contributed by atoms with Crippen LogP contribution >= 0.6 is 11.3 Å². The van der Waals surface area contributed by atoms with Crippen LogP contribution in [0.1, 0.15) is 0 Å². The summed E-state index contributed by atoms with van der Waals surface area (Å²) in [6.07, 6.45) is 7.80. The molecule has 0 aliphatic rings. The Morgan fingerprint density at radius 1 is 1.23 bits per heavy atom. The minimum Gasteiger partial charge on any atom is -1.00 e. The van der Waals surface area contributed by atoms with E-state index in [1.54, 1.807) is 6.20 Å². The molecule has 3 rings (SSSR count). The van der Waals surface area contributed by atoms with Gasteiger partial charge in [-0.15, -0.1) is 21.6 Å². The highest BCUT2D eigenvalue weighted by Crippen LogP contribution is 2.23. The minimum absolute atomic E-state index is 0. The van der Waals surface area contributed by atoms with Crippen LogP contribution in [0, 0.1) is 0 Å². The van der Waals surface area contributed by atoms with E-state index < -0.39 is 0 Å². The molecule has 0 aliphatic carbocycles. The first kappa shape index (κ1) is 20.2. The van der Waals surface area contributed by atoms with Gasteiger partial charge in [0.25, 0.3) is 0 Å². The summed E-state index contributed by atoms with van der Waals surface area (Å²) in [5.74, 6) is 0. The standard InChI is InChI=1S/C17H21N6OS.BrH/c1-21-7-8-22(14-21)9-10-23(11-12-24)16-4-2-15(3-5-16)19-20-17-18-6-13-25-17;/h2-8,13-14,24H,9-12H2,1H3;1H/q+1;/p-1/b20-19+;. The Balaban J connectivity index is 0.00000243. The van der Waals surface area contributed by atoms with Crippen LogP contribution in [0.5, 0.6) is 0 Å². The van der Waals surface area contributed by atoms with Gasteiger partial charge in [-0.3, -0.25) is 0 Å². The zero-order valence-electron chi connectivity index (χ0n) is 14.4. The highest BCUT2D eigenvalue weighted by Gasteiger charge is 2.08. The second-order valence-electron chi connectivity index (χ2n) is 5.56. The minimum atomic E-state index is 0. The molecule has 2 aromatic heterocycles. The van der Waals surface area contributed by atoms with Crippen LogP contribution in [0.2, 0.25) is 0 Å². The van der Waals surface area contributed by atoms with Crippen molar-refractivity contribution < 1.29 is 26.7 Å². The van der Waals surface area contributed by atoms with Crippen molar-refractivity contribution in [3.05, 3.63) is 54.6 Å². The topological polar surface area (TPSA) is 69.9 Å². The molecule has 26 heavy (non-hydrogen) atoms. The Hall–Kier alpha value is -2.10. The number of aryl methyl sites for hydroxylation is 1. The first-order chi connectivity index (χ1) is 12.2. The second kappa shape index (κ2) is 10.1. The lowest BCUT2D eigenvalue weighted by Gasteiger charge is -2.23. The number of azo groups is 1. The summed E-state index contributed by atoms with van der Waals surface area (Å²) < 4.78 is 4.14. The molecule has 0 saturated carbocycles. The van der Waals surface area contributed by atoms with Crippen LogP contribution in [0.3, 0.4) is 0 Å². The summed E-state index contributed by atoms with van der Waals surface area (Å²) >= 11 is 1.45. The van der Waals surface area contributed by atoms with Crippen molar-refractivity contribution in [2.45, 2.75) is 6.54 Å². The van der Waals surface area contributed by atoms with E-state index in [2.05, 4.69) is 24.7 Å². The predicted octanol–water partition coefficient (Wildman–Crippen LogP) is -0.313. The molecular formula is C17H21BrN6OS. The molecule has 138 valence electrons. The Kier molecular flexibility index (Phi) is 7.89. The number of aromatic nitrogens is 3. The molecule has 1 N–H and O–H groups in total. The number of benzene rings is 1. The second-order valence-corrected chi connectivity index (χ2v) is 6.43. The highest BCUT2D eigenvalue weighted by atomic mass is 79.9. The summed E-state index contributed by atoms with van der Waals surface area (Å²) in [5.41, 5.74) is 1.83. The number of hydrogen-bond acceptors (Lipinski definition) is 6. The number of aliphatic hydroxyl groups is 1. The lowest BCUT2D eigenvalue weighted by molar-refractivity contribution is -0.671.